The van der Waals surface area contributed by atoms with Crippen LogP contribution < -0.4 is 0 Å². The van der Waals surface area contributed by atoms with Gasteiger partial charge in [-0.2, -0.15) is 0 Å². The quantitative estimate of drug-likeness (QED) is 0.721. The van der Waals surface area contributed by atoms with Crippen LogP contribution in [0.4, 0.5) is 0 Å². The Balaban J connectivity index is 0.000000461. The standard InChI is InChI=1S/C8H7N3S.C2H6/c1-6-11-5-7(12-6)8-9-3-2-4-10-8;1-2/h2-5H,1H3;1-2H3. The van der Waals surface area contributed by atoms with Gasteiger partial charge in [-0.3, -0.25) is 0 Å². The second kappa shape index (κ2) is 5.44. The first-order valence-electron chi connectivity index (χ1n) is 4.56. The highest BCUT2D eigenvalue weighted by molar-refractivity contribution is 7.14. The van der Waals surface area contributed by atoms with E-state index in [4.69, 9.17) is 0 Å². The smallest absolute Gasteiger partial charge is 0.171 e. The van der Waals surface area contributed by atoms with Gasteiger partial charge < -0.3 is 0 Å². The van der Waals surface area contributed by atoms with Crippen molar-refractivity contribution in [1.82, 2.24) is 15.0 Å². The van der Waals surface area contributed by atoms with Gasteiger partial charge in [-0.1, -0.05) is 13.8 Å². The summed E-state index contributed by atoms with van der Waals surface area (Å²) in [6, 6.07) is 1.80. The number of nitrogens with zero attached hydrogens (tertiary/aromatic N) is 3. The summed E-state index contributed by atoms with van der Waals surface area (Å²) in [4.78, 5) is 13.4. The largest absolute Gasteiger partial charge is 0.249 e. The van der Waals surface area contributed by atoms with E-state index >= 15 is 0 Å². The van der Waals surface area contributed by atoms with Crippen LogP contribution in [0.1, 0.15) is 18.9 Å². The zero-order valence-electron chi connectivity index (χ0n) is 8.56. The van der Waals surface area contributed by atoms with Crippen molar-refractivity contribution in [2.45, 2.75) is 20.8 Å². The molecule has 0 fully saturated rings. The molecule has 0 bridgehead atoms. The van der Waals surface area contributed by atoms with Crippen molar-refractivity contribution in [1.29, 1.82) is 0 Å². The van der Waals surface area contributed by atoms with E-state index in [9.17, 15) is 0 Å². The number of thiazole rings is 1. The molecule has 3 nitrogen and oxygen atoms in total. The Hall–Kier alpha value is -1.29. The molecular formula is C10H13N3S. The topological polar surface area (TPSA) is 38.7 Å². The molecule has 0 saturated carbocycles. The van der Waals surface area contributed by atoms with Crippen LogP contribution >= 0.6 is 11.3 Å². The third-order valence-electron chi connectivity index (χ3n) is 1.41. The lowest BCUT2D eigenvalue weighted by molar-refractivity contribution is 1.18. The van der Waals surface area contributed by atoms with E-state index < -0.39 is 0 Å². The fourth-order valence-electron chi connectivity index (χ4n) is 0.891. The maximum absolute atomic E-state index is 4.13. The van der Waals surface area contributed by atoms with Crippen molar-refractivity contribution in [3.05, 3.63) is 29.7 Å². The normalized spacial score (nSPS) is 9.07. The van der Waals surface area contributed by atoms with Crippen molar-refractivity contribution in [2.75, 3.05) is 0 Å². The van der Waals surface area contributed by atoms with E-state index in [1.54, 1.807) is 36.0 Å². The van der Waals surface area contributed by atoms with Crippen molar-refractivity contribution >= 4 is 11.3 Å². The van der Waals surface area contributed by atoms with Crippen LogP contribution in [0.5, 0.6) is 0 Å². The van der Waals surface area contributed by atoms with E-state index in [1.165, 1.54) is 0 Å². The minimum Gasteiger partial charge on any atom is -0.249 e. The predicted octanol–water partition coefficient (Wildman–Crippen LogP) is 2.93. The highest BCUT2D eigenvalue weighted by atomic mass is 32.1. The van der Waals surface area contributed by atoms with Crippen molar-refractivity contribution in [2.24, 2.45) is 0 Å². The fraction of sp³-hybridized carbons (Fsp3) is 0.300. The van der Waals surface area contributed by atoms with Crippen LogP contribution in [-0.4, -0.2) is 15.0 Å². The molecule has 0 saturated heterocycles. The van der Waals surface area contributed by atoms with Crippen molar-refractivity contribution < 1.29 is 0 Å². The molecule has 4 heteroatoms. The lowest BCUT2D eigenvalue weighted by Gasteiger charge is -1.90. The minimum absolute atomic E-state index is 0.753. The zero-order valence-corrected chi connectivity index (χ0v) is 9.38. The molecule has 0 unspecified atom stereocenters. The molecule has 2 aromatic rings. The Morgan fingerprint density at radius 2 is 1.71 bits per heavy atom. The molecule has 14 heavy (non-hydrogen) atoms. The SMILES string of the molecule is CC.Cc1ncc(-c2ncccn2)s1. The highest BCUT2D eigenvalue weighted by Gasteiger charge is 2.02. The molecule has 0 spiro atoms. The predicted molar refractivity (Wildman–Crippen MR) is 59.2 cm³/mol. The molecule has 0 aliphatic rings. The first-order valence-corrected chi connectivity index (χ1v) is 5.38. The van der Waals surface area contributed by atoms with Crippen LogP contribution in [0.2, 0.25) is 0 Å². The lowest BCUT2D eigenvalue weighted by atomic mass is 10.5. The molecule has 2 heterocycles. The average Bonchev–Trinajstić information content (AvgIpc) is 2.69. The molecule has 0 radical (unpaired) electrons. The summed E-state index contributed by atoms with van der Waals surface area (Å²) in [5.41, 5.74) is 0. The first kappa shape index (κ1) is 10.8. The molecule has 2 rings (SSSR count). The molecule has 74 valence electrons. The summed E-state index contributed by atoms with van der Waals surface area (Å²) in [6.07, 6.45) is 5.27. The van der Waals surface area contributed by atoms with Crippen LogP contribution in [0.15, 0.2) is 24.7 Å². The van der Waals surface area contributed by atoms with Crippen molar-refractivity contribution in [3.63, 3.8) is 0 Å². The maximum atomic E-state index is 4.13. The molecule has 2 aromatic heterocycles. The number of hydrogen-bond acceptors (Lipinski definition) is 4. The van der Waals surface area contributed by atoms with Gasteiger partial charge in [-0.05, 0) is 13.0 Å². The summed E-state index contributed by atoms with van der Waals surface area (Å²) in [5, 5.41) is 1.04. The summed E-state index contributed by atoms with van der Waals surface area (Å²) in [7, 11) is 0. The fourth-order valence-corrected chi connectivity index (χ4v) is 1.62. The molecule has 0 aliphatic heterocycles. The van der Waals surface area contributed by atoms with E-state index in [-0.39, 0.29) is 0 Å². The second-order valence-electron chi connectivity index (χ2n) is 2.32. The summed E-state index contributed by atoms with van der Waals surface area (Å²) < 4.78 is 0. The number of rotatable bonds is 1. The highest BCUT2D eigenvalue weighted by Crippen LogP contribution is 2.20. The molecule has 0 atom stereocenters. The lowest BCUT2D eigenvalue weighted by Crippen LogP contribution is -1.82. The zero-order chi connectivity index (χ0) is 10.4. The minimum atomic E-state index is 0.753. The molecule has 0 aromatic carbocycles. The van der Waals surface area contributed by atoms with Gasteiger partial charge in [0.2, 0.25) is 0 Å². The van der Waals surface area contributed by atoms with Gasteiger partial charge in [0.15, 0.2) is 5.82 Å². The number of hydrogen-bond donors (Lipinski definition) is 0. The van der Waals surface area contributed by atoms with E-state index in [0.29, 0.717) is 0 Å². The van der Waals surface area contributed by atoms with Gasteiger partial charge in [-0.25, -0.2) is 15.0 Å². The molecule has 0 aliphatic carbocycles. The third kappa shape index (κ3) is 2.60. The van der Waals surface area contributed by atoms with Crippen molar-refractivity contribution in [3.8, 4) is 10.7 Å². The second-order valence-corrected chi connectivity index (χ2v) is 3.55. The summed E-state index contributed by atoms with van der Waals surface area (Å²) in [6.45, 7) is 5.97. The number of aromatic nitrogens is 3. The first-order chi connectivity index (χ1) is 6.86. The van der Waals surface area contributed by atoms with Gasteiger partial charge >= 0.3 is 0 Å². The van der Waals surface area contributed by atoms with Gasteiger partial charge in [0, 0.05) is 18.6 Å². The van der Waals surface area contributed by atoms with E-state index in [0.717, 1.165) is 15.7 Å². The van der Waals surface area contributed by atoms with E-state index in [2.05, 4.69) is 15.0 Å². The van der Waals surface area contributed by atoms with Gasteiger partial charge in [0.05, 0.1) is 9.88 Å². The Kier molecular flexibility index (Phi) is 4.19. The maximum Gasteiger partial charge on any atom is 0.171 e. The van der Waals surface area contributed by atoms with Gasteiger partial charge in [0.1, 0.15) is 0 Å². The Morgan fingerprint density at radius 3 is 2.21 bits per heavy atom. The number of aryl methyl sites for hydroxylation is 1. The van der Waals surface area contributed by atoms with Crippen LogP contribution in [-0.2, 0) is 0 Å². The van der Waals surface area contributed by atoms with Crippen LogP contribution in [0.25, 0.3) is 10.7 Å². The Labute approximate surface area is 87.9 Å². The monoisotopic (exact) mass is 207 g/mol. The average molecular weight is 207 g/mol. The third-order valence-corrected chi connectivity index (χ3v) is 2.32. The summed E-state index contributed by atoms with van der Waals surface area (Å²) in [5.74, 6) is 0.753. The van der Waals surface area contributed by atoms with Crippen LogP contribution in [0.3, 0.4) is 0 Å². The molecule has 0 amide bonds. The Morgan fingerprint density at radius 1 is 1.07 bits per heavy atom. The van der Waals surface area contributed by atoms with Gasteiger partial charge in [-0.15, -0.1) is 11.3 Å². The van der Waals surface area contributed by atoms with Crippen LogP contribution in [0, 0.1) is 6.92 Å². The Bertz CT molecular complexity index is 370. The van der Waals surface area contributed by atoms with E-state index in [1.807, 2.05) is 20.8 Å². The summed E-state index contributed by atoms with van der Waals surface area (Å²) >= 11 is 1.60. The molecule has 0 N–H and O–H groups in total. The molecular weight excluding hydrogens is 194 g/mol. The van der Waals surface area contributed by atoms with Gasteiger partial charge in [0.25, 0.3) is 0 Å².